The molecule has 106 valence electrons. The van der Waals surface area contributed by atoms with Gasteiger partial charge in [-0.05, 0) is 38.5 Å². The molecule has 6 heteroatoms. The van der Waals surface area contributed by atoms with E-state index in [-0.39, 0.29) is 17.9 Å². The Morgan fingerprint density at radius 3 is 2.78 bits per heavy atom. The van der Waals surface area contributed by atoms with Crippen molar-refractivity contribution >= 4 is 26.0 Å². The molecule has 0 aromatic carbocycles. The van der Waals surface area contributed by atoms with E-state index in [0.717, 1.165) is 43.9 Å². The van der Waals surface area contributed by atoms with Crippen molar-refractivity contribution in [2.45, 2.75) is 50.7 Å². The third kappa shape index (κ3) is 3.68. The Morgan fingerprint density at radius 1 is 1.28 bits per heavy atom. The Kier molecular flexibility index (Phi) is 5.47. The van der Waals surface area contributed by atoms with Crippen molar-refractivity contribution in [2.75, 3.05) is 24.2 Å². The highest BCUT2D eigenvalue weighted by molar-refractivity contribution is 9.09. The van der Waals surface area contributed by atoms with Gasteiger partial charge in [0.25, 0.3) is 0 Å². The normalized spacial score (nSPS) is 30.1. The second-order valence-electron chi connectivity index (χ2n) is 5.15. The molecule has 0 N–H and O–H groups in total. The van der Waals surface area contributed by atoms with Gasteiger partial charge in [0.2, 0.25) is 10.0 Å². The fourth-order valence-electron chi connectivity index (χ4n) is 2.88. The first-order chi connectivity index (χ1) is 8.63. The Balaban J connectivity index is 1.94. The summed E-state index contributed by atoms with van der Waals surface area (Å²) < 4.78 is 32.0. The number of hydrogen-bond donors (Lipinski definition) is 0. The van der Waals surface area contributed by atoms with Crippen molar-refractivity contribution < 1.29 is 13.2 Å². The van der Waals surface area contributed by atoms with Crippen LogP contribution in [0.3, 0.4) is 0 Å². The van der Waals surface area contributed by atoms with Crippen LogP contribution in [0.2, 0.25) is 0 Å². The summed E-state index contributed by atoms with van der Waals surface area (Å²) in [7, 11) is -3.13. The lowest BCUT2D eigenvalue weighted by Crippen LogP contribution is -2.39. The van der Waals surface area contributed by atoms with Crippen molar-refractivity contribution in [3.05, 3.63) is 0 Å². The summed E-state index contributed by atoms with van der Waals surface area (Å²) in [5.41, 5.74) is 0. The fraction of sp³-hybridized carbons (Fsp3) is 1.00. The molecule has 0 bridgehead atoms. The standard InChI is InChI=1S/C12H22BrNO3S/c13-7-1-4-11-5-2-8-14(11)18(15,16)10-12-6-3-9-17-12/h11-12H,1-10H2. The lowest BCUT2D eigenvalue weighted by Gasteiger charge is -2.25. The van der Waals surface area contributed by atoms with Gasteiger partial charge in [0, 0.05) is 24.5 Å². The first-order valence-electron chi connectivity index (χ1n) is 6.80. The van der Waals surface area contributed by atoms with Crippen LogP contribution in [0.1, 0.15) is 38.5 Å². The number of hydrogen-bond acceptors (Lipinski definition) is 3. The number of sulfonamides is 1. The molecule has 2 aliphatic rings. The molecule has 0 amide bonds. The van der Waals surface area contributed by atoms with Crippen LogP contribution in [0, 0.1) is 0 Å². The molecule has 0 saturated carbocycles. The van der Waals surface area contributed by atoms with E-state index in [1.54, 1.807) is 4.31 Å². The van der Waals surface area contributed by atoms with Crippen LogP contribution in [-0.2, 0) is 14.8 Å². The van der Waals surface area contributed by atoms with Crippen LogP contribution in [0.15, 0.2) is 0 Å². The van der Waals surface area contributed by atoms with Crippen molar-refractivity contribution in [1.29, 1.82) is 0 Å². The van der Waals surface area contributed by atoms with Crippen LogP contribution in [0.5, 0.6) is 0 Å². The van der Waals surface area contributed by atoms with Gasteiger partial charge < -0.3 is 4.74 Å². The number of halogens is 1. The number of nitrogens with zero attached hydrogens (tertiary/aromatic N) is 1. The van der Waals surface area contributed by atoms with Crippen molar-refractivity contribution in [3.8, 4) is 0 Å². The number of ether oxygens (including phenoxy) is 1. The topological polar surface area (TPSA) is 46.6 Å². The van der Waals surface area contributed by atoms with E-state index < -0.39 is 10.0 Å². The molecule has 2 atom stereocenters. The van der Waals surface area contributed by atoms with Gasteiger partial charge in [-0.25, -0.2) is 8.42 Å². The second-order valence-corrected chi connectivity index (χ2v) is 7.91. The molecular formula is C12H22BrNO3S. The summed E-state index contributed by atoms with van der Waals surface area (Å²) in [6, 6.07) is 0.217. The predicted molar refractivity (Wildman–Crippen MR) is 75.5 cm³/mol. The number of alkyl halides is 1. The van der Waals surface area contributed by atoms with E-state index in [2.05, 4.69) is 15.9 Å². The van der Waals surface area contributed by atoms with E-state index in [0.29, 0.717) is 13.2 Å². The Morgan fingerprint density at radius 2 is 2.11 bits per heavy atom. The monoisotopic (exact) mass is 339 g/mol. The van der Waals surface area contributed by atoms with Crippen molar-refractivity contribution in [2.24, 2.45) is 0 Å². The lowest BCUT2D eigenvalue weighted by atomic mass is 10.1. The summed E-state index contributed by atoms with van der Waals surface area (Å²) in [6.07, 6.45) is 5.82. The molecule has 2 aliphatic heterocycles. The highest BCUT2D eigenvalue weighted by Gasteiger charge is 2.35. The second kappa shape index (κ2) is 6.68. The molecule has 2 rings (SSSR count). The van der Waals surface area contributed by atoms with Crippen molar-refractivity contribution in [1.82, 2.24) is 4.31 Å². The van der Waals surface area contributed by atoms with Gasteiger partial charge in [-0.3, -0.25) is 0 Å². The third-order valence-corrected chi connectivity index (χ3v) is 6.32. The van der Waals surface area contributed by atoms with E-state index in [1.165, 1.54) is 0 Å². The van der Waals surface area contributed by atoms with Gasteiger partial charge in [-0.1, -0.05) is 15.9 Å². The van der Waals surface area contributed by atoms with Gasteiger partial charge in [0.1, 0.15) is 0 Å². The summed E-state index contributed by atoms with van der Waals surface area (Å²) in [5.74, 6) is 0.178. The molecule has 0 aliphatic carbocycles. The lowest BCUT2D eigenvalue weighted by molar-refractivity contribution is 0.126. The summed E-state index contributed by atoms with van der Waals surface area (Å²) >= 11 is 3.41. The predicted octanol–water partition coefficient (Wildman–Crippen LogP) is 2.13. The van der Waals surface area contributed by atoms with E-state index in [1.807, 2.05) is 0 Å². The quantitative estimate of drug-likeness (QED) is 0.696. The van der Waals surface area contributed by atoms with Gasteiger partial charge >= 0.3 is 0 Å². The summed E-state index contributed by atoms with van der Waals surface area (Å²) in [5, 5.41) is 0.948. The molecule has 2 saturated heterocycles. The molecule has 2 heterocycles. The van der Waals surface area contributed by atoms with E-state index in [9.17, 15) is 8.42 Å². The molecule has 18 heavy (non-hydrogen) atoms. The average Bonchev–Trinajstić information content (AvgIpc) is 2.96. The van der Waals surface area contributed by atoms with Gasteiger partial charge in [-0.15, -0.1) is 0 Å². The first kappa shape index (κ1) is 14.8. The Bertz CT molecular complexity index is 354. The van der Waals surface area contributed by atoms with Crippen molar-refractivity contribution in [3.63, 3.8) is 0 Å². The molecule has 0 spiro atoms. The molecule has 4 nitrogen and oxygen atoms in total. The van der Waals surface area contributed by atoms with Gasteiger partial charge in [0.15, 0.2) is 0 Å². The zero-order chi connectivity index (χ0) is 13.0. The van der Waals surface area contributed by atoms with Crippen LogP contribution < -0.4 is 0 Å². The van der Waals surface area contributed by atoms with Crippen LogP contribution in [-0.4, -0.2) is 49.1 Å². The average molecular weight is 340 g/mol. The molecule has 2 fully saturated rings. The van der Waals surface area contributed by atoms with Gasteiger partial charge in [0.05, 0.1) is 11.9 Å². The molecule has 2 unspecified atom stereocenters. The van der Waals surface area contributed by atoms with E-state index >= 15 is 0 Å². The minimum Gasteiger partial charge on any atom is -0.377 e. The molecular weight excluding hydrogens is 318 g/mol. The smallest absolute Gasteiger partial charge is 0.216 e. The summed E-state index contributed by atoms with van der Waals surface area (Å²) in [4.78, 5) is 0. The van der Waals surface area contributed by atoms with Crippen LogP contribution in [0.4, 0.5) is 0 Å². The zero-order valence-corrected chi connectivity index (χ0v) is 13.1. The maximum absolute atomic E-state index is 12.4. The maximum Gasteiger partial charge on any atom is 0.216 e. The third-order valence-electron chi connectivity index (χ3n) is 3.77. The van der Waals surface area contributed by atoms with Crippen LogP contribution in [0.25, 0.3) is 0 Å². The highest BCUT2D eigenvalue weighted by atomic mass is 79.9. The molecule has 0 radical (unpaired) electrons. The first-order valence-corrected chi connectivity index (χ1v) is 9.53. The molecule has 0 aromatic heterocycles. The Labute approximate surface area is 118 Å². The maximum atomic E-state index is 12.4. The SMILES string of the molecule is O=S(=O)(CC1CCCO1)N1CCCC1CCCBr. The van der Waals surface area contributed by atoms with Crippen LogP contribution >= 0.6 is 15.9 Å². The fourth-order valence-corrected chi connectivity index (χ4v) is 5.20. The summed E-state index contributed by atoms with van der Waals surface area (Å²) in [6.45, 7) is 1.41. The zero-order valence-electron chi connectivity index (χ0n) is 10.7. The largest absolute Gasteiger partial charge is 0.377 e. The van der Waals surface area contributed by atoms with E-state index in [4.69, 9.17) is 4.74 Å². The number of rotatable bonds is 6. The minimum atomic E-state index is -3.13. The Hall–Kier alpha value is 0.350. The minimum absolute atomic E-state index is 0.0765. The van der Waals surface area contributed by atoms with Gasteiger partial charge in [-0.2, -0.15) is 4.31 Å². The molecule has 0 aromatic rings. The highest BCUT2D eigenvalue weighted by Crippen LogP contribution is 2.26.